The molecule has 8 heteroatoms. The summed E-state index contributed by atoms with van der Waals surface area (Å²) >= 11 is 0. The van der Waals surface area contributed by atoms with E-state index in [0.717, 1.165) is 64.2 Å². The fraction of sp³-hybridized carbons (Fsp3) is 0.500. The number of benzene rings is 2. The maximum Gasteiger partial charge on any atom is 0.513 e. The molecule has 0 N–H and O–H groups in total. The van der Waals surface area contributed by atoms with Crippen LogP contribution in [-0.4, -0.2) is 37.1 Å². The minimum absolute atomic E-state index is 0.0284. The Kier molecular flexibility index (Phi) is 12.7. The molecule has 1 aliphatic rings. The first-order valence-electron chi connectivity index (χ1n) is 14.5. The Balaban J connectivity index is 1.62. The van der Waals surface area contributed by atoms with E-state index in [0.29, 0.717) is 0 Å². The second-order valence-electron chi connectivity index (χ2n) is 9.95. The van der Waals surface area contributed by atoms with Gasteiger partial charge in [-0.05, 0) is 25.0 Å². The fourth-order valence-corrected chi connectivity index (χ4v) is 4.66. The number of ether oxygens (including phenoxy) is 4. The lowest BCUT2D eigenvalue weighted by molar-refractivity contribution is 0.0911. The van der Waals surface area contributed by atoms with Gasteiger partial charge in [0.15, 0.2) is 11.6 Å². The maximum atomic E-state index is 13.4. The number of ketones is 2. The van der Waals surface area contributed by atoms with Crippen molar-refractivity contribution in [2.75, 3.05) is 13.2 Å². The molecule has 0 unspecified atom stereocenters. The molecule has 0 fully saturated rings. The van der Waals surface area contributed by atoms with E-state index in [1.54, 1.807) is 0 Å². The summed E-state index contributed by atoms with van der Waals surface area (Å²) in [5.74, 6) is -1.15. The summed E-state index contributed by atoms with van der Waals surface area (Å²) in [6.45, 7) is 4.73. The van der Waals surface area contributed by atoms with E-state index < -0.39 is 23.9 Å². The van der Waals surface area contributed by atoms with Crippen LogP contribution in [0, 0.1) is 0 Å². The number of hydrogen-bond donors (Lipinski definition) is 0. The standard InChI is InChI=1S/C32H40O8/c1-3-5-7-9-11-13-21-37-31(35)39-25-19-15-17-23-27(25)29(33)24-18-16-20-26(28(24)30(23)34)40-32(36)38-22-14-12-10-8-6-4-2/h15-20H,3-14,21-22H2,1-2H3. The second-order valence-corrected chi connectivity index (χ2v) is 9.95. The summed E-state index contributed by atoms with van der Waals surface area (Å²) in [6.07, 6.45) is 10.7. The number of carbonyl (C=O) groups excluding carboxylic acids is 4. The molecule has 0 bridgehead atoms. The molecule has 8 nitrogen and oxygen atoms in total. The topological polar surface area (TPSA) is 105 Å². The van der Waals surface area contributed by atoms with Crippen LogP contribution in [0.2, 0.25) is 0 Å². The molecular weight excluding hydrogens is 512 g/mol. The molecule has 0 saturated carbocycles. The predicted molar refractivity (Wildman–Crippen MR) is 150 cm³/mol. The first-order valence-corrected chi connectivity index (χ1v) is 14.5. The van der Waals surface area contributed by atoms with E-state index in [1.807, 2.05) is 0 Å². The molecule has 2 aromatic carbocycles. The van der Waals surface area contributed by atoms with Crippen LogP contribution in [0.3, 0.4) is 0 Å². The van der Waals surface area contributed by atoms with Gasteiger partial charge in [-0.3, -0.25) is 9.59 Å². The lowest BCUT2D eigenvalue weighted by Gasteiger charge is -2.21. The van der Waals surface area contributed by atoms with Gasteiger partial charge in [-0.1, -0.05) is 102 Å². The average molecular weight is 553 g/mol. The largest absolute Gasteiger partial charge is 0.513 e. The highest BCUT2D eigenvalue weighted by Crippen LogP contribution is 2.37. The van der Waals surface area contributed by atoms with Crippen LogP contribution in [0.1, 0.15) is 123 Å². The molecule has 0 amide bonds. The predicted octanol–water partition coefficient (Wildman–Crippen LogP) is 8.21. The number of fused-ring (bicyclic) bond motifs is 2. The van der Waals surface area contributed by atoms with Crippen molar-refractivity contribution < 1.29 is 38.1 Å². The molecule has 0 aromatic heterocycles. The summed E-state index contributed by atoms with van der Waals surface area (Å²) in [6, 6.07) is 8.87. The molecule has 40 heavy (non-hydrogen) atoms. The third-order valence-corrected chi connectivity index (χ3v) is 6.82. The van der Waals surface area contributed by atoms with Crippen molar-refractivity contribution in [2.24, 2.45) is 0 Å². The average Bonchev–Trinajstić information content (AvgIpc) is 2.95. The van der Waals surface area contributed by atoms with E-state index in [1.165, 1.54) is 49.2 Å². The highest BCUT2D eigenvalue weighted by atomic mass is 16.7. The second kappa shape index (κ2) is 16.4. The van der Waals surface area contributed by atoms with Crippen molar-refractivity contribution in [3.05, 3.63) is 58.7 Å². The van der Waals surface area contributed by atoms with Gasteiger partial charge in [0.1, 0.15) is 11.5 Å². The van der Waals surface area contributed by atoms with Crippen molar-refractivity contribution in [1.82, 2.24) is 0 Å². The van der Waals surface area contributed by atoms with Gasteiger partial charge in [0.05, 0.1) is 24.3 Å². The first-order chi connectivity index (χ1) is 19.5. The Labute approximate surface area is 236 Å². The number of rotatable bonds is 16. The molecule has 0 saturated heterocycles. The Bertz CT molecular complexity index is 1080. The summed E-state index contributed by atoms with van der Waals surface area (Å²) in [5, 5.41) is 0. The zero-order valence-electron chi connectivity index (χ0n) is 23.6. The molecule has 0 radical (unpaired) electrons. The molecule has 216 valence electrons. The van der Waals surface area contributed by atoms with E-state index >= 15 is 0 Å². The van der Waals surface area contributed by atoms with Crippen molar-refractivity contribution in [3.63, 3.8) is 0 Å². The quantitative estimate of drug-likeness (QED) is 0.0994. The highest BCUT2D eigenvalue weighted by molar-refractivity contribution is 6.30. The van der Waals surface area contributed by atoms with Crippen LogP contribution in [0.5, 0.6) is 11.5 Å². The Morgan fingerprint density at radius 3 is 1.32 bits per heavy atom. The van der Waals surface area contributed by atoms with E-state index in [4.69, 9.17) is 18.9 Å². The molecule has 0 spiro atoms. The van der Waals surface area contributed by atoms with Crippen LogP contribution < -0.4 is 9.47 Å². The summed E-state index contributed by atoms with van der Waals surface area (Å²) in [4.78, 5) is 51.5. The van der Waals surface area contributed by atoms with Gasteiger partial charge in [0.25, 0.3) is 0 Å². The van der Waals surface area contributed by atoms with E-state index in [2.05, 4.69) is 13.8 Å². The van der Waals surface area contributed by atoms with Gasteiger partial charge in [-0.15, -0.1) is 0 Å². The van der Waals surface area contributed by atoms with Crippen LogP contribution >= 0.6 is 0 Å². The number of carbonyl (C=O) groups is 4. The Morgan fingerprint density at radius 2 is 0.925 bits per heavy atom. The Hall–Kier alpha value is -3.68. The van der Waals surface area contributed by atoms with E-state index in [9.17, 15) is 19.2 Å². The van der Waals surface area contributed by atoms with Crippen molar-refractivity contribution in [3.8, 4) is 11.5 Å². The summed E-state index contributed by atoms with van der Waals surface area (Å²) < 4.78 is 21.0. The third-order valence-electron chi connectivity index (χ3n) is 6.82. The maximum absolute atomic E-state index is 13.4. The number of unbranched alkanes of at least 4 members (excludes halogenated alkanes) is 10. The monoisotopic (exact) mass is 552 g/mol. The lowest BCUT2D eigenvalue weighted by atomic mass is 9.83. The number of hydrogen-bond acceptors (Lipinski definition) is 8. The molecular formula is C32H40O8. The Morgan fingerprint density at radius 1 is 0.550 bits per heavy atom. The summed E-state index contributed by atoms with van der Waals surface area (Å²) in [7, 11) is 0. The van der Waals surface area contributed by atoms with Gasteiger partial charge in [0.2, 0.25) is 0 Å². The normalized spacial score (nSPS) is 11.9. The molecule has 0 aliphatic heterocycles. The van der Waals surface area contributed by atoms with Crippen LogP contribution in [0.15, 0.2) is 36.4 Å². The van der Waals surface area contributed by atoms with Crippen LogP contribution in [0.25, 0.3) is 0 Å². The fourth-order valence-electron chi connectivity index (χ4n) is 4.66. The van der Waals surface area contributed by atoms with Crippen LogP contribution in [0.4, 0.5) is 9.59 Å². The van der Waals surface area contributed by atoms with Gasteiger partial charge < -0.3 is 18.9 Å². The molecule has 1 aliphatic carbocycles. The molecule has 0 heterocycles. The summed E-state index contributed by atoms with van der Waals surface area (Å²) in [5.41, 5.74) is 0.0454. The molecule has 0 atom stereocenters. The molecule has 2 aromatic rings. The van der Waals surface area contributed by atoms with Gasteiger partial charge in [-0.25, -0.2) is 9.59 Å². The smallest absolute Gasteiger partial charge is 0.434 e. The zero-order valence-corrected chi connectivity index (χ0v) is 23.6. The van der Waals surface area contributed by atoms with Crippen molar-refractivity contribution in [1.29, 1.82) is 0 Å². The van der Waals surface area contributed by atoms with Gasteiger partial charge in [0, 0.05) is 11.1 Å². The third kappa shape index (κ3) is 8.66. The first kappa shape index (κ1) is 30.9. The lowest BCUT2D eigenvalue weighted by Crippen LogP contribution is -2.24. The van der Waals surface area contributed by atoms with Crippen LogP contribution in [-0.2, 0) is 9.47 Å². The van der Waals surface area contributed by atoms with E-state index in [-0.39, 0.29) is 47.0 Å². The zero-order chi connectivity index (χ0) is 28.7. The SMILES string of the molecule is CCCCCCCCOC(=O)Oc1cccc2c1C(=O)c1cccc(OC(=O)OCCCCCCCC)c1C2=O. The minimum atomic E-state index is -0.932. The van der Waals surface area contributed by atoms with Gasteiger partial charge in [-0.2, -0.15) is 0 Å². The van der Waals surface area contributed by atoms with Crippen molar-refractivity contribution >= 4 is 23.9 Å². The molecule has 3 rings (SSSR count). The van der Waals surface area contributed by atoms with Gasteiger partial charge >= 0.3 is 12.3 Å². The van der Waals surface area contributed by atoms with Crippen molar-refractivity contribution in [2.45, 2.75) is 90.9 Å². The minimum Gasteiger partial charge on any atom is -0.434 e. The highest BCUT2D eigenvalue weighted by Gasteiger charge is 2.35.